The average molecular weight is 570 g/mol. The Morgan fingerprint density at radius 1 is 1.26 bits per heavy atom. The van der Waals surface area contributed by atoms with Crippen LogP contribution in [0.15, 0.2) is 50.8 Å². The van der Waals surface area contributed by atoms with E-state index in [1.54, 1.807) is 30.7 Å². The fourth-order valence-electron chi connectivity index (χ4n) is 5.53. The zero-order chi connectivity index (χ0) is 26.4. The number of hydrogen-bond donors (Lipinski definition) is 2. The fraction of sp³-hybridized carbons (Fsp3) is 0.385. The molecule has 1 atom stereocenters. The van der Waals surface area contributed by atoms with Crippen molar-refractivity contribution >= 4 is 57.2 Å². The van der Waals surface area contributed by atoms with Gasteiger partial charge >= 0.3 is 0 Å². The van der Waals surface area contributed by atoms with Crippen LogP contribution in [0, 0.1) is 5.41 Å². The Hall–Kier alpha value is -2.70. The third-order valence-electron chi connectivity index (χ3n) is 7.74. The molecule has 198 valence electrons. The third-order valence-corrected chi connectivity index (χ3v) is 10.4. The van der Waals surface area contributed by atoms with E-state index in [2.05, 4.69) is 31.3 Å². The zero-order valence-corrected chi connectivity index (χ0v) is 23.3. The van der Waals surface area contributed by atoms with Gasteiger partial charge in [0.2, 0.25) is 0 Å². The number of benzene rings is 1. The first-order valence-electron chi connectivity index (χ1n) is 12.4. The van der Waals surface area contributed by atoms with Gasteiger partial charge in [0, 0.05) is 36.0 Å². The summed E-state index contributed by atoms with van der Waals surface area (Å²) in [5, 5.41) is 3.37. The Balaban J connectivity index is 1.19. The van der Waals surface area contributed by atoms with Crippen LogP contribution in [0.4, 0.5) is 11.6 Å². The molecule has 1 aliphatic heterocycles. The summed E-state index contributed by atoms with van der Waals surface area (Å²) in [4.78, 5) is 30.9. The van der Waals surface area contributed by atoms with Crippen molar-refractivity contribution < 1.29 is 4.74 Å². The van der Waals surface area contributed by atoms with E-state index in [1.165, 1.54) is 33.1 Å². The first-order valence-corrected chi connectivity index (χ1v) is 14.5. The normalized spacial score (nSPS) is 18.4. The highest BCUT2D eigenvalue weighted by molar-refractivity contribution is 7.99. The monoisotopic (exact) mass is 569 g/mol. The Morgan fingerprint density at radius 2 is 2.08 bits per heavy atom. The Morgan fingerprint density at radius 3 is 2.82 bits per heavy atom. The number of hydrogen-bond acceptors (Lipinski definition) is 10. The predicted molar refractivity (Wildman–Crippen MR) is 152 cm³/mol. The largest absolute Gasteiger partial charge is 0.383 e. The van der Waals surface area contributed by atoms with Crippen LogP contribution in [0.5, 0.6) is 0 Å². The molecule has 0 radical (unpaired) electrons. The van der Waals surface area contributed by atoms with Gasteiger partial charge in [-0.1, -0.05) is 23.4 Å². The van der Waals surface area contributed by atoms with Crippen molar-refractivity contribution in [3.8, 4) is 0 Å². The molecule has 2 aliphatic rings. The van der Waals surface area contributed by atoms with Crippen molar-refractivity contribution in [2.75, 3.05) is 37.4 Å². The van der Waals surface area contributed by atoms with Gasteiger partial charge in [0.1, 0.15) is 10.8 Å². The van der Waals surface area contributed by atoms with Crippen molar-refractivity contribution in [1.29, 1.82) is 0 Å². The van der Waals surface area contributed by atoms with E-state index in [9.17, 15) is 4.79 Å². The highest BCUT2D eigenvalue weighted by Gasteiger charge is 2.46. The maximum absolute atomic E-state index is 13.0. The minimum Gasteiger partial charge on any atom is -0.383 e. The summed E-state index contributed by atoms with van der Waals surface area (Å²) < 4.78 is 6.58. The molecule has 1 aromatic carbocycles. The van der Waals surface area contributed by atoms with Crippen molar-refractivity contribution in [2.45, 2.75) is 41.8 Å². The number of aromatic nitrogens is 4. The molecule has 0 saturated carbocycles. The number of halogens is 1. The summed E-state index contributed by atoms with van der Waals surface area (Å²) in [6.45, 7) is 2.52. The van der Waals surface area contributed by atoms with E-state index in [1.807, 2.05) is 6.07 Å². The molecule has 0 unspecified atom stereocenters. The van der Waals surface area contributed by atoms with Gasteiger partial charge in [-0.3, -0.25) is 9.36 Å². The number of nitrogens with two attached hydrogens (primary N) is 2. The number of ether oxygens (including phenoxy) is 1. The average Bonchev–Trinajstić information content (AvgIpc) is 3.47. The van der Waals surface area contributed by atoms with E-state index in [-0.39, 0.29) is 17.0 Å². The summed E-state index contributed by atoms with van der Waals surface area (Å²) in [5.41, 5.74) is 14.9. The van der Waals surface area contributed by atoms with Gasteiger partial charge in [-0.15, -0.1) is 11.3 Å². The number of methoxy groups -OCH3 is 1. The van der Waals surface area contributed by atoms with Gasteiger partial charge in [0.05, 0.1) is 41.6 Å². The minimum absolute atomic E-state index is 0.112. The van der Waals surface area contributed by atoms with E-state index in [4.69, 9.17) is 27.8 Å². The lowest BCUT2D eigenvalue weighted by Gasteiger charge is -2.42. The summed E-state index contributed by atoms with van der Waals surface area (Å²) in [6, 6.07) is 5.93. The highest BCUT2D eigenvalue weighted by atomic mass is 35.5. The second kappa shape index (κ2) is 10.1. The molecule has 12 heteroatoms. The van der Waals surface area contributed by atoms with Crippen molar-refractivity contribution in [1.82, 2.24) is 19.5 Å². The molecule has 3 aromatic heterocycles. The van der Waals surface area contributed by atoms with Crippen molar-refractivity contribution in [3.05, 3.63) is 61.9 Å². The Kier molecular flexibility index (Phi) is 6.81. The SMILES string of the molecule is COCCn1cnc2ccc(Sc3ncc(N4CCC5(CC4)Cc4ccsc4[C@H]5N)nc3N)c(Cl)c2c1=O. The van der Waals surface area contributed by atoms with Gasteiger partial charge in [0.15, 0.2) is 5.82 Å². The van der Waals surface area contributed by atoms with Gasteiger partial charge in [-0.2, -0.15) is 0 Å². The molecule has 4 heterocycles. The molecule has 1 saturated heterocycles. The summed E-state index contributed by atoms with van der Waals surface area (Å²) in [7, 11) is 1.59. The van der Waals surface area contributed by atoms with Crippen LogP contribution >= 0.6 is 34.7 Å². The molecule has 1 aliphatic carbocycles. The number of nitrogen functional groups attached to an aromatic ring is 1. The molecule has 4 aromatic rings. The van der Waals surface area contributed by atoms with Gasteiger partial charge in [-0.25, -0.2) is 15.0 Å². The van der Waals surface area contributed by atoms with E-state index < -0.39 is 0 Å². The molecule has 0 bridgehead atoms. The lowest BCUT2D eigenvalue weighted by Crippen LogP contribution is -2.44. The van der Waals surface area contributed by atoms with Crippen molar-refractivity contribution in [2.24, 2.45) is 11.1 Å². The van der Waals surface area contributed by atoms with Crippen LogP contribution in [-0.2, 0) is 17.7 Å². The van der Waals surface area contributed by atoms with Crippen molar-refractivity contribution in [3.63, 3.8) is 0 Å². The lowest BCUT2D eigenvalue weighted by atomic mass is 9.73. The number of thiophene rings is 1. The quantitative estimate of drug-likeness (QED) is 0.352. The second-order valence-electron chi connectivity index (χ2n) is 9.84. The molecule has 4 N–H and O–H groups in total. The van der Waals surface area contributed by atoms with Gasteiger partial charge in [0.25, 0.3) is 5.56 Å². The van der Waals surface area contributed by atoms with E-state index >= 15 is 0 Å². The van der Waals surface area contributed by atoms with Crippen LogP contribution < -0.4 is 21.9 Å². The van der Waals surface area contributed by atoms with Gasteiger partial charge in [-0.05, 0) is 53.8 Å². The number of fused-ring (bicyclic) bond motifs is 2. The van der Waals surface area contributed by atoms with E-state index in [0.717, 1.165) is 38.2 Å². The molecular formula is C26H28ClN7O2S2. The maximum Gasteiger partial charge on any atom is 0.262 e. The molecule has 9 nitrogen and oxygen atoms in total. The van der Waals surface area contributed by atoms with Crippen LogP contribution in [-0.4, -0.2) is 46.3 Å². The smallest absolute Gasteiger partial charge is 0.262 e. The molecular weight excluding hydrogens is 542 g/mol. The number of rotatable bonds is 6. The molecule has 1 spiro atoms. The first kappa shape index (κ1) is 25.6. The third kappa shape index (κ3) is 4.36. The summed E-state index contributed by atoms with van der Waals surface area (Å²) in [5.74, 6) is 1.09. The Labute approximate surface area is 233 Å². The highest BCUT2D eigenvalue weighted by Crippen LogP contribution is 2.52. The minimum atomic E-state index is -0.214. The standard InChI is InChI=1S/C26H28ClN7O2S2/c1-36-10-9-34-14-31-16-2-3-17(20(27)19(16)25(34)35)38-24-23(29)32-18(13-30-24)33-7-5-26(6-8-33)12-15-4-11-37-21(15)22(26)28/h2-4,11,13-14,22H,5-10,12,28H2,1H3,(H2,29,32)/t22-/m1/s1. The summed E-state index contributed by atoms with van der Waals surface area (Å²) in [6.07, 6.45) is 6.35. The predicted octanol–water partition coefficient (Wildman–Crippen LogP) is 4.12. The van der Waals surface area contributed by atoms with Crippen LogP contribution in [0.2, 0.25) is 5.02 Å². The molecule has 38 heavy (non-hydrogen) atoms. The number of anilines is 2. The van der Waals surface area contributed by atoms with E-state index in [0.29, 0.717) is 44.8 Å². The van der Waals surface area contributed by atoms with Crippen LogP contribution in [0.25, 0.3) is 10.9 Å². The molecule has 6 rings (SSSR count). The number of piperidine rings is 1. The maximum atomic E-state index is 13.0. The fourth-order valence-corrected chi connectivity index (χ4v) is 7.75. The number of nitrogens with zero attached hydrogens (tertiary/aromatic N) is 5. The lowest BCUT2D eigenvalue weighted by molar-refractivity contribution is 0.186. The molecule has 0 amide bonds. The van der Waals surface area contributed by atoms with Gasteiger partial charge < -0.3 is 21.1 Å². The second-order valence-corrected chi connectivity index (χ2v) is 12.2. The Bertz CT molecular complexity index is 1570. The van der Waals surface area contributed by atoms with Crippen LogP contribution in [0.1, 0.15) is 29.3 Å². The molecule has 1 fully saturated rings. The topological polar surface area (TPSA) is 125 Å². The zero-order valence-electron chi connectivity index (χ0n) is 20.9. The summed E-state index contributed by atoms with van der Waals surface area (Å²) >= 11 is 9.76. The first-order chi connectivity index (χ1) is 18.4. The van der Waals surface area contributed by atoms with Crippen LogP contribution in [0.3, 0.4) is 0 Å².